The topological polar surface area (TPSA) is 37.6 Å². The monoisotopic (exact) mass is 369 g/mol. The van der Waals surface area contributed by atoms with Crippen molar-refractivity contribution >= 4 is 11.6 Å². The molecule has 4 nitrogen and oxygen atoms in total. The van der Waals surface area contributed by atoms with Gasteiger partial charge in [0.2, 0.25) is 0 Å². The van der Waals surface area contributed by atoms with Crippen molar-refractivity contribution in [3.63, 3.8) is 0 Å². The number of amides is 1. The van der Waals surface area contributed by atoms with Crippen LogP contribution >= 0.6 is 0 Å². The smallest absolute Gasteiger partial charge is 0.273 e. The lowest BCUT2D eigenvalue weighted by molar-refractivity contribution is 0.0722. The van der Waals surface area contributed by atoms with Crippen LogP contribution in [0.25, 0.3) is 5.65 Å². The Bertz CT molecular complexity index is 1060. The van der Waals surface area contributed by atoms with Gasteiger partial charge in [0.25, 0.3) is 5.91 Å². The number of carbonyl (C=O) groups is 1. The molecule has 0 aliphatic rings. The molecular weight excluding hydrogens is 346 g/mol. The fourth-order valence-corrected chi connectivity index (χ4v) is 3.48. The quantitative estimate of drug-likeness (QED) is 0.507. The highest BCUT2D eigenvalue weighted by atomic mass is 16.2. The largest absolute Gasteiger partial charge is 0.329 e. The van der Waals surface area contributed by atoms with E-state index in [1.54, 1.807) is 0 Å². The SMILES string of the molecule is Cc1ccc2nc(C)c(C(=O)N(Cc3ccccc3)Cc3ccccc3)n2c1. The highest BCUT2D eigenvalue weighted by Crippen LogP contribution is 2.19. The Morgan fingerprint density at radius 3 is 2.00 bits per heavy atom. The van der Waals surface area contributed by atoms with E-state index in [1.807, 2.05) is 77.9 Å². The zero-order chi connectivity index (χ0) is 19.5. The molecule has 0 atom stereocenters. The molecule has 28 heavy (non-hydrogen) atoms. The van der Waals surface area contributed by atoms with E-state index in [1.165, 1.54) is 0 Å². The van der Waals surface area contributed by atoms with Crippen molar-refractivity contribution in [2.75, 3.05) is 0 Å². The van der Waals surface area contributed by atoms with E-state index < -0.39 is 0 Å². The van der Waals surface area contributed by atoms with E-state index in [2.05, 4.69) is 29.2 Å². The number of imidazole rings is 1. The van der Waals surface area contributed by atoms with Crippen molar-refractivity contribution in [1.29, 1.82) is 0 Å². The predicted molar refractivity (Wildman–Crippen MR) is 111 cm³/mol. The minimum atomic E-state index is -0.0108. The van der Waals surface area contributed by atoms with E-state index >= 15 is 0 Å². The number of nitrogens with zero attached hydrogens (tertiary/aromatic N) is 3. The third kappa shape index (κ3) is 3.67. The number of rotatable bonds is 5. The number of pyridine rings is 1. The molecular formula is C24H23N3O. The molecule has 0 spiro atoms. The number of hydrogen-bond acceptors (Lipinski definition) is 2. The zero-order valence-corrected chi connectivity index (χ0v) is 16.2. The van der Waals surface area contributed by atoms with E-state index in [0.717, 1.165) is 28.0 Å². The van der Waals surface area contributed by atoms with Gasteiger partial charge in [-0.2, -0.15) is 0 Å². The minimum absolute atomic E-state index is 0.0108. The van der Waals surface area contributed by atoms with Crippen LogP contribution in [0.5, 0.6) is 0 Å². The van der Waals surface area contributed by atoms with Crippen molar-refractivity contribution in [3.05, 3.63) is 107 Å². The average Bonchev–Trinajstić information content (AvgIpc) is 3.03. The van der Waals surface area contributed by atoms with Gasteiger partial charge in [0.05, 0.1) is 5.69 Å². The van der Waals surface area contributed by atoms with Gasteiger partial charge in [-0.15, -0.1) is 0 Å². The second-order valence-electron chi connectivity index (χ2n) is 7.11. The molecule has 0 fully saturated rings. The summed E-state index contributed by atoms with van der Waals surface area (Å²) in [5.74, 6) is -0.0108. The summed E-state index contributed by atoms with van der Waals surface area (Å²) in [6.45, 7) is 5.02. The van der Waals surface area contributed by atoms with Crippen LogP contribution in [0.1, 0.15) is 32.9 Å². The first-order valence-corrected chi connectivity index (χ1v) is 9.44. The Hall–Kier alpha value is -3.40. The maximum atomic E-state index is 13.6. The second-order valence-corrected chi connectivity index (χ2v) is 7.11. The highest BCUT2D eigenvalue weighted by molar-refractivity contribution is 5.94. The van der Waals surface area contributed by atoms with Gasteiger partial charge in [0.1, 0.15) is 11.3 Å². The molecule has 1 amide bonds. The van der Waals surface area contributed by atoms with Crippen LogP contribution < -0.4 is 0 Å². The molecule has 0 unspecified atom stereocenters. The summed E-state index contributed by atoms with van der Waals surface area (Å²) in [6.07, 6.45) is 1.98. The maximum absolute atomic E-state index is 13.6. The van der Waals surface area contributed by atoms with Crippen LogP contribution in [-0.4, -0.2) is 20.2 Å². The minimum Gasteiger partial charge on any atom is -0.329 e. The summed E-state index contributed by atoms with van der Waals surface area (Å²) < 4.78 is 1.91. The Kier molecular flexibility index (Phi) is 4.94. The zero-order valence-electron chi connectivity index (χ0n) is 16.2. The average molecular weight is 369 g/mol. The Morgan fingerprint density at radius 2 is 1.43 bits per heavy atom. The van der Waals surface area contributed by atoms with Gasteiger partial charge < -0.3 is 4.90 Å². The first-order chi connectivity index (χ1) is 13.6. The number of aromatic nitrogens is 2. The van der Waals surface area contributed by atoms with Crippen LogP contribution in [0, 0.1) is 13.8 Å². The van der Waals surface area contributed by atoms with Gasteiger partial charge >= 0.3 is 0 Å². The van der Waals surface area contributed by atoms with E-state index in [0.29, 0.717) is 18.8 Å². The van der Waals surface area contributed by atoms with Crippen LogP contribution in [0.3, 0.4) is 0 Å². The van der Waals surface area contributed by atoms with Crippen molar-refractivity contribution in [2.24, 2.45) is 0 Å². The lowest BCUT2D eigenvalue weighted by Gasteiger charge is -2.23. The van der Waals surface area contributed by atoms with Gasteiger partial charge in [-0.05, 0) is 36.6 Å². The standard InChI is InChI=1S/C24H23N3O/c1-18-13-14-22-25-19(2)23(27(22)15-18)24(28)26(16-20-9-5-3-6-10-20)17-21-11-7-4-8-12-21/h3-15H,16-17H2,1-2H3. The fourth-order valence-electron chi connectivity index (χ4n) is 3.48. The third-order valence-electron chi connectivity index (χ3n) is 4.86. The Morgan fingerprint density at radius 1 is 0.857 bits per heavy atom. The van der Waals surface area contributed by atoms with Gasteiger partial charge in [0, 0.05) is 19.3 Å². The van der Waals surface area contributed by atoms with Crippen LogP contribution in [0.2, 0.25) is 0 Å². The molecule has 140 valence electrons. The number of hydrogen-bond donors (Lipinski definition) is 0. The third-order valence-corrected chi connectivity index (χ3v) is 4.86. The van der Waals surface area contributed by atoms with Gasteiger partial charge in [-0.1, -0.05) is 66.7 Å². The molecule has 0 aliphatic heterocycles. The van der Waals surface area contributed by atoms with E-state index in [4.69, 9.17) is 0 Å². The second kappa shape index (κ2) is 7.69. The molecule has 4 heteroatoms. The van der Waals surface area contributed by atoms with E-state index in [9.17, 15) is 4.79 Å². The van der Waals surface area contributed by atoms with Gasteiger partial charge in [-0.3, -0.25) is 9.20 Å². The molecule has 0 saturated heterocycles. The first-order valence-electron chi connectivity index (χ1n) is 9.44. The molecule has 0 N–H and O–H groups in total. The molecule has 0 saturated carbocycles. The van der Waals surface area contributed by atoms with E-state index in [-0.39, 0.29) is 5.91 Å². The summed E-state index contributed by atoms with van der Waals surface area (Å²) in [6, 6.07) is 24.2. The Balaban J connectivity index is 1.74. The number of fused-ring (bicyclic) bond motifs is 1. The molecule has 2 aromatic carbocycles. The first kappa shape index (κ1) is 18.0. The molecule has 2 heterocycles. The van der Waals surface area contributed by atoms with Crippen molar-refractivity contribution in [1.82, 2.24) is 14.3 Å². The summed E-state index contributed by atoms with van der Waals surface area (Å²) in [7, 11) is 0. The lowest BCUT2D eigenvalue weighted by Crippen LogP contribution is -2.31. The Labute approximate surface area is 165 Å². The van der Waals surface area contributed by atoms with Crippen LogP contribution in [0.15, 0.2) is 79.0 Å². The normalized spacial score (nSPS) is 10.9. The lowest BCUT2D eigenvalue weighted by atomic mass is 10.1. The number of carbonyl (C=O) groups excluding carboxylic acids is 1. The number of aryl methyl sites for hydroxylation is 2. The van der Waals surface area contributed by atoms with Crippen LogP contribution in [0.4, 0.5) is 0 Å². The molecule has 0 radical (unpaired) electrons. The number of benzene rings is 2. The predicted octanol–water partition coefficient (Wildman–Crippen LogP) is 4.79. The van der Waals surface area contributed by atoms with Gasteiger partial charge in [0.15, 0.2) is 0 Å². The van der Waals surface area contributed by atoms with Gasteiger partial charge in [-0.25, -0.2) is 4.98 Å². The molecule has 4 rings (SSSR count). The van der Waals surface area contributed by atoms with Crippen molar-refractivity contribution < 1.29 is 4.79 Å². The molecule has 2 aromatic heterocycles. The summed E-state index contributed by atoms with van der Waals surface area (Å²) in [4.78, 5) is 20.1. The summed E-state index contributed by atoms with van der Waals surface area (Å²) in [5, 5.41) is 0. The highest BCUT2D eigenvalue weighted by Gasteiger charge is 2.23. The molecule has 0 aliphatic carbocycles. The molecule has 4 aromatic rings. The summed E-state index contributed by atoms with van der Waals surface area (Å²) in [5.41, 5.74) is 5.48. The molecule has 0 bridgehead atoms. The summed E-state index contributed by atoms with van der Waals surface area (Å²) >= 11 is 0. The maximum Gasteiger partial charge on any atom is 0.273 e. The van der Waals surface area contributed by atoms with Crippen LogP contribution in [-0.2, 0) is 13.1 Å². The fraction of sp³-hybridized carbons (Fsp3) is 0.167. The van der Waals surface area contributed by atoms with Crippen molar-refractivity contribution in [3.8, 4) is 0 Å². The van der Waals surface area contributed by atoms with Crippen molar-refractivity contribution in [2.45, 2.75) is 26.9 Å².